The van der Waals surface area contributed by atoms with E-state index in [4.69, 9.17) is 14.2 Å². The molecule has 0 atom stereocenters. The molecule has 2 heterocycles. The van der Waals surface area contributed by atoms with Crippen molar-refractivity contribution < 1.29 is 28.2 Å². The number of nitrogens with zero attached hydrogens (tertiary/aromatic N) is 1. The Morgan fingerprint density at radius 2 is 1.81 bits per heavy atom. The Bertz CT molecular complexity index is 1590. The predicted molar refractivity (Wildman–Crippen MR) is 158 cm³/mol. The molecule has 42 heavy (non-hydrogen) atoms. The second-order valence-electron chi connectivity index (χ2n) is 10.2. The molecule has 1 aliphatic rings. The first kappa shape index (κ1) is 28.8. The zero-order valence-corrected chi connectivity index (χ0v) is 23.5. The van der Waals surface area contributed by atoms with Gasteiger partial charge < -0.3 is 30.2 Å². The molecular weight excluding hydrogens is 539 g/mol. The van der Waals surface area contributed by atoms with Crippen LogP contribution in [0, 0.1) is 18.7 Å². The van der Waals surface area contributed by atoms with Gasteiger partial charge in [0, 0.05) is 35.9 Å². The van der Waals surface area contributed by atoms with Crippen LogP contribution in [0.15, 0.2) is 66.9 Å². The van der Waals surface area contributed by atoms with Gasteiger partial charge in [0.05, 0.1) is 19.2 Å². The first-order valence-electron chi connectivity index (χ1n) is 13.8. The summed E-state index contributed by atoms with van der Waals surface area (Å²) in [5.41, 5.74) is 2.64. The third kappa shape index (κ3) is 7.13. The second kappa shape index (κ2) is 13.3. The van der Waals surface area contributed by atoms with Crippen molar-refractivity contribution in [2.75, 3.05) is 32.1 Å². The molecule has 0 aliphatic carbocycles. The Labute approximate surface area is 243 Å². The van der Waals surface area contributed by atoms with Gasteiger partial charge in [0.15, 0.2) is 23.1 Å². The number of halogens is 1. The van der Waals surface area contributed by atoms with Gasteiger partial charge in [-0.15, -0.1) is 0 Å². The fourth-order valence-electron chi connectivity index (χ4n) is 4.80. The SMILES string of the molecule is COc1cc2c(Oc3ccc(NC(=O)C(=O)NCc4cccc(C)c4)cc3F)ccnc2cc1OCC1CCNCC1. The molecule has 1 fully saturated rings. The van der Waals surface area contributed by atoms with Gasteiger partial charge in [-0.1, -0.05) is 29.8 Å². The summed E-state index contributed by atoms with van der Waals surface area (Å²) in [6.07, 6.45) is 3.69. The smallest absolute Gasteiger partial charge is 0.313 e. The number of aromatic nitrogens is 1. The molecule has 4 aromatic rings. The number of piperidine rings is 1. The minimum absolute atomic E-state index is 0.0606. The number of benzene rings is 3. The zero-order valence-electron chi connectivity index (χ0n) is 23.5. The fourth-order valence-corrected chi connectivity index (χ4v) is 4.80. The highest BCUT2D eigenvalue weighted by atomic mass is 19.1. The molecular formula is C32H33FN4O5. The molecule has 3 N–H and O–H groups in total. The van der Waals surface area contributed by atoms with E-state index in [2.05, 4.69) is 20.9 Å². The summed E-state index contributed by atoms with van der Waals surface area (Å²) >= 11 is 0. The number of amides is 2. The Hall–Kier alpha value is -4.70. The van der Waals surface area contributed by atoms with Crippen LogP contribution in [0.4, 0.5) is 10.1 Å². The van der Waals surface area contributed by atoms with Gasteiger partial charge in [-0.05, 0) is 68.6 Å². The number of hydrogen-bond acceptors (Lipinski definition) is 7. The van der Waals surface area contributed by atoms with Gasteiger partial charge in [0.25, 0.3) is 0 Å². The van der Waals surface area contributed by atoms with Gasteiger partial charge in [-0.2, -0.15) is 0 Å². The van der Waals surface area contributed by atoms with Crippen LogP contribution in [-0.2, 0) is 16.1 Å². The number of anilines is 1. The van der Waals surface area contributed by atoms with Crippen LogP contribution < -0.4 is 30.2 Å². The van der Waals surface area contributed by atoms with Crippen LogP contribution in [0.25, 0.3) is 10.9 Å². The summed E-state index contributed by atoms with van der Waals surface area (Å²) in [4.78, 5) is 29.0. The van der Waals surface area contributed by atoms with E-state index in [-0.39, 0.29) is 18.0 Å². The van der Waals surface area contributed by atoms with E-state index in [0.29, 0.717) is 40.7 Å². The number of ether oxygens (including phenoxy) is 3. The molecule has 1 aliphatic heterocycles. The van der Waals surface area contributed by atoms with Crippen molar-refractivity contribution >= 4 is 28.4 Å². The summed E-state index contributed by atoms with van der Waals surface area (Å²) < 4.78 is 32.6. The van der Waals surface area contributed by atoms with Crippen molar-refractivity contribution in [3.63, 3.8) is 0 Å². The number of fused-ring (bicyclic) bond motifs is 1. The maximum absolute atomic E-state index is 15.0. The van der Waals surface area contributed by atoms with Crippen LogP contribution in [0.5, 0.6) is 23.0 Å². The van der Waals surface area contributed by atoms with E-state index >= 15 is 4.39 Å². The molecule has 9 nitrogen and oxygen atoms in total. The predicted octanol–water partition coefficient (Wildman–Crippen LogP) is 5.12. The number of methoxy groups -OCH3 is 1. The van der Waals surface area contributed by atoms with Crippen molar-refractivity contribution in [2.24, 2.45) is 5.92 Å². The van der Waals surface area contributed by atoms with E-state index < -0.39 is 17.6 Å². The number of nitrogens with one attached hydrogen (secondary N) is 3. The average Bonchev–Trinajstić information content (AvgIpc) is 3.00. The molecule has 218 valence electrons. The van der Waals surface area contributed by atoms with E-state index in [9.17, 15) is 9.59 Å². The van der Waals surface area contributed by atoms with Crippen molar-refractivity contribution in [1.29, 1.82) is 0 Å². The van der Waals surface area contributed by atoms with Crippen molar-refractivity contribution in [1.82, 2.24) is 15.6 Å². The summed E-state index contributed by atoms with van der Waals surface area (Å²) in [5.74, 6) is -0.556. The van der Waals surface area contributed by atoms with Crippen LogP contribution in [0.2, 0.25) is 0 Å². The highest BCUT2D eigenvalue weighted by Gasteiger charge is 2.18. The number of carbonyl (C=O) groups excluding carboxylic acids is 2. The maximum Gasteiger partial charge on any atom is 0.313 e. The number of carbonyl (C=O) groups is 2. The topological polar surface area (TPSA) is 111 Å². The number of hydrogen-bond donors (Lipinski definition) is 3. The summed E-state index contributed by atoms with van der Waals surface area (Å²) in [7, 11) is 1.56. The molecule has 1 aromatic heterocycles. The minimum Gasteiger partial charge on any atom is -0.493 e. The maximum atomic E-state index is 15.0. The lowest BCUT2D eigenvalue weighted by Crippen LogP contribution is -2.35. The third-order valence-corrected chi connectivity index (χ3v) is 7.07. The molecule has 3 aromatic carbocycles. The molecule has 0 radical (unpaired) electrons. The van der Waals surface area contributed by atoms with Crippen molar-refractivity contribution in [3.8, 4) is 23.0 Å². The number of rotatable bonds is 9. The first-order chi connectivity index (χ1) is 20.4. The summed E-state index contributed by atoms with van der Waals surface area (Å²) in [5, 5.41) is 8.95. The Balaban J connectivity index is 1.25. The lowest BCUT2D eigenvalue weighted by molar-refractivity contribution is -0.136. The lowest BCUT2D eigenvalue weighted by Gasteiger charge is -2.23. The van der Waals surface area contributed by atoms with E-state index in [1.807, 2.05) is 31.2 Å². The second-order valence-corrected chi connectivity index (χ2v) is 10.2. The average molecular weight is 573 g/mol. The van der Waals surface area contributed by atoms with Gasteiger partial charge in [-0.3, -0.25) is 14.6 Å². The largest absolute Gasteiger partial charge is 0.493 e. The van der Waals surface area contributed by atoms with Gasteiger partial charge in [0.1, 0.15) is 5.75 Å². The first-order valence-corrected chi connectivity index (χ1v) is 13.8. The van der Waals surface area contributed by atoms with E-state index in [1.165, 1.54) is 12.1 Å². The van der Waals surface area contributed by atoms with Gasteiger partial charge >= 0.3 is 11.8 Å². The molecule has 10 heteroatoms. The number of aryl methyl sites for hydroxylation is 1. The molecule has 5 rings (SSSR count). The van der Waals surface area contributed by atoms with Crippen molar-refractivity contribution in [3.05, 3.63) is 83.8 Å². The fraction of sp³-hybridized carbons (Fsp3) is 0.281. The Morgan fingerprint density at radius 1 is 0.976 bits per heavy atom. The minimum atomic E-state index is -0.902. The summed E-state index contributed by atoms with van der Waals surface area (Å²) in [6, 6.07) is 16.7. The van der Waals surface area contributed by atoms with E-state index in [1.54, 1.807) is 31.5 Å². The van der Waals surface area contributed by atoms with Crippen LogP contribution >= 0.6 is 0 Å². The van der Waals surface area contributed by atoms with Gasteiger partial charge in [-0.25, -0.2) is 4.39 Å². The van der Waals surface area contributed by atoms with Gasteiger partial charge in [0.2, 0.25) is 0 Å². The van der Waals surface area contributed by atoms with Crippen LogP contribution in [-0.4, -0.2) is 43.6 Å². The lowest BCUT2D eigenvalue weighted by atomic mass is 9.99. The highest BCUT2D eigenvalue weighted by molar-refractivity contribution is 6.39. The Kier molecular flexibility index (Phi) is 9.13. The monoisotopic (exact) mass is 572 g/mol. The van der Waals surface area contributed by atoms with Crippen LogP contribution in [0.3, 0.4) is 0 Å². The van der Waals surface area contributed by atoms with Crippen LogP contribution in [0.1, 0.15) is 24.0 Å². The third-order valence-electron chi connectivity index (χ3n) is 7.07. The highest BCUT2D eigenvalue weighted by Crippen LogP contribution is 2.38. The van der Waals surface area contributed by atoms with E-state index in [0.717, 1.165) is 43.1 Å². The zero-order chi connectivity index (χ0) is 29.5. The standard InChI is InChI=1S/C32H33FN4O5/c1-20-4-3-5-22(14-20)18-36-31(38)32(39)37-23-6-7-28(25(33)15-23)42-27-10-13-35-26-17-30(29(40-2)16-24(26)27)41-19-21-8-11-34-12-9-21/h3-7,10,13-17,21,34H,8-9,11-12,18-19H2,1-2H3,(H,36,38)(H,37,39). The number of pyridine rings is 1. The summed E-state index contributed by atoms with van der Waals surface area (Å²) in [6.45, 7) is 4.70. The molecule has 0 bridgehead atoms. The quantitative estimate of drug-likeness (QED) is 0.239. The molecule has 0 spiro atoms. The normalized spacial score (nSPS) is 13.4. The van der Waals surface area contributed by atoms with Crippen molar-refractivity contribution in [2.45, 2.75) is 26.3 Å². The Morgan fingerprint density at radius 3 is 2.57 bits per heavy atom. The molecule has 2 amide bonds. The molecule has 1 saturated heterocycles. The molecule has 0 unspecified atom stereocenters. The molecule has 0 saturated carbocycles.